The second kappa shape index (κ2) is 6.90. The molecule has 0 spiro atoms. The van der Waals surface area contributed by atoms with E-state index in [1.54, 1.807) is 0 Å². The summed E-state index contributed by atoms with van der Waals surface area (Å²) >= 11 is 6.86. The van der Waals surface area contributed by atoms with E-state index in [-0.39, 0.29) is 0 Å². The second-order valence-corrected chi connectivity index (χ2v) is 8.16. The number of thioether (sulfide) groups is 1. The molecule has 0 radical (unpaired) electrons. The van der Waals surface area contributed by atoms with E-state index in [0.717, 1.165) is 17.0 Å². The Bertz CT molecular complexity index is 249. The molecule has 0 amide bonds. The van der Waals surface area contributed by atoms with Crippen LogP contribution in [0.4, 0.5) is 0 Å². The van der Waals surface area contributed by atoms with Crippen LogP contribution in [0, 0.1) is 5.41 Å². The quantitative estimate of drug-likeness (QED) is 0.615. The predicted molar refractivity (Wildman–Crippen MR) is 86.9 cm³/mol. The van der Waals surface area contributed by atoms with Crippen molar-refractivity contribution in [3.8, 4) is 0 Å². The van der Waals surface area contributed by atoms with Crippen molar-refractivity contribution in [1.82, 2.24) is 4.90 Å². The van der Waals surface area contributed by atoms with Gasteiger partial charge in [0.1, 0.15) is 0 Å². The van der Waals surface area contributed by atoms with Crippen LogP contribution < -0.4 is 0 Å². The van der Waals surface area contributed by atoms with Crippen LogP contribution in [0.15, 0.2) is 0 Å². The first-order valence-electron chi connectivity index (χ1n) is 7.63. The third-order valence-corrected chi connectivity index (χ3v) is 7.06. The highest BCUT2D eigenvalue weighted by Gasteiger charge is 2.35. The number of hydrogen-bond donors (Lipinski definition) is 1. The highest BCUT2D eigenvalue weighted by atomic mass is 32.2. The Labute approximate surface area is 123 Å². The zero-order valence-electron chi connectivity index (χ0n) is 12.0. The largest absolute Gasteiger partial charge is 0.298 e. The fourth-order valence-electron chi connectivity index (χ4n) is 3.49. The number of nitrogens with zero attached hydrogens (tertiary/aromatic N) is 1. The lowest BCUT2D eigenvalue weighted by atomic mass is 9.81. The van der Waals surface area contributed by atoms with E-state index in [0.29, 0.717) is 5.41 Å². The van der Waals surface area contributed by atoms with Crippen molar-refractivity contribution >= 4 is 24.4 Å². The van der Waals surface area contributed by atoms with Crippen LogP contribution in [0.25, 0.3) is 0 Å². The van der Waals surface area contributed by atoms with Crippen LogP contribution in [0.5, 0.6) is 0 Å². The normalized spacial score (nSPS) is 34.2. The maximum atomic E-state index is 4.72. The average Bonchev–Trinajstić information content (AvgIpc) is 2.61. The Balaban J connectivity index is 1.99. The van der Waals surface area contributed by atoms with Crippen LogP contribution in [-0.2, 0) is 0 Å². The van der Waals surface area contributed by atoms with E-state index < -0.39 is 0 Å². The van der Waals surface area contributed by atoms with E-state index in [1.165, 1.54) is 57.4 Å². The van der Waals surface area contributed by atoms with Gasteiger partial charge in [-0.15, -0.1) is 0 Å². The topological polar surface area (TPSA) is 3.24 Å². The van der Waals surface area contributed by atoms with Gasteiger partial charge in [-0.05, 0) is 30.9 Å². The number of rotatable bonds is 3. The lowest BCUT2D eigenvalue weighted by Gasteiger charge is -2.44. The molecule has 1 saturated heterocycles. The molecule has 0 aromatic heterocycles. The highest BCUT2D eigenvalue weighted by Crippen LogP contribution is 2.38. The molecule has 1 aliphatic carbocycles. The molecule has 0 bridgehead atoms. The summed E-state index contributed by atoms with van der Waals surface area (Å²) < 4.78 is 0. The van der Waals surface area contributed by atoms with E-state index in [4.69, 9.17) is 12.6 Å². The van der Waals surface area contributed by atoms with Gasteiger partial charge in [-0.1, -0.05) is 32.6 Å². The molecule has 0 N–H and O–H groups in total. The van der Waals surface area contributed by atoms with Crippen LogP contribution in [0.1, 0.15) is 52.4 Å². The molecule has 1 nitrogen and oxygen atoms in total. The molecule has 2 atom stereocenters. The van der Waals surface area contributed by atoms with Gasteiger partial charge in [-0.3, -0.25) is 4.90 Å². The molecule has 0 aromatic carbocycles. The maximum Gasteiger partial charge on any atom is 0.0184 e. The molecule has 106 valence electrons. The van der Waals surface area contributed by atoms with Gasteiger partial charge in [0.15, 0.2) is 0 Å². The lowest BCUT2D eigenvalue weighted by molar-refractivity contribution is 0.119. The monoisotopic (exact) mass is 287 g/mol. The van der Waals surface area contributed by atoms with Crippen LogP contribution in [0.3, 0.4) is 0 Å². The Kier molecular flexibility index (Phi) is 5.77. The molecular weight excluding hydrogens is 258 g/mol. The second-order valence-electron chi connectivity index (χ2n) is 6.36. The minimum Gasteiger partial charge on any atom is -0.298 e. The fourth-order valence-corrected chi connectivity index (χ4v) is 5.07. The van der Waals surface area contributed by atoms with E-state index in [1.807, 2.05) is 0 Å². The molecular formula is C15H29NS2. The van der Waals surface area contributed by atoms with Crippen LogP contribution >= 0.6 is 24.4 Å². The van der Waals surface area contributed by atoms with Gasteiger partial charge in [-0.25, -0.2) is 0 Å². The molecule has 1 heterocycles. The maximum absolute atomic E-state index is 4.72. The van der Waals surface area contributed by atoms with Gasteiger partial charge < -0.3 is 0 Å². The summed E-state index contributed by atoms with van der Waals surface area (Å²) in [5.41, 5.74) is 0.510. The van der Waals surface area contributed by atoms with Crippen molar-refractivity contribution in [3.05, 3.63) is 0 Å². The van der Waals surface area contributed by atoms with Gasteiger partial charge in [0.2, 0.25) is 0 Å². The SMILES string of the molecule is CC1SCCN(CC2(CS)CCCCCC2)C1C. The lowest BCUT2D eigenvalue weighted by Crippen LogP contribution is -2.50. The summed E-state index contributed by atoms with van der Waals surface area (Å²) in [7, 11) is 0. The summed E-state index contributed by atoms with van der Waals surface area (Å²) in [4.78, 5) is 2.75. The van der Waals surface area contributed by atoms with Gasteiger partial charge in [0, 0.05) is 30.1 Å². The molecule has 2 aliphatic rings. The van der Waals surface area contributed by atoms with Gasteiger partial charge in [0.25, 0.3) is 0 Å². The van der Waals surface area contributed by atoms with Crippen LogP contribution in [0.2, 0.25) is 0 Å². The number of thiol groups is 1. The zero-order chi connectivity index (χ0) is 13.0. The molecule has 0 aromatic rings. The van der Waals surface area contributed by atoms with Gasteiger partial charge in [0.05, 0.1) is 0 Å². The minimum atomic E-state index is 0.510. The Morgan fingerprint density at radius 3 is 2.44 bits per heavy atom. The molecule has 18 heavy (non-hydrogen) atoms. The molecule has 1 saturated carbocycles. The van der Waals surface area contributed by atoms with Crippen molar-refractivity contribution in [2.45, 2.75) is 63.7 Å². The third kappa shape index (κ3) is 3.61. The number of hydrogen-bond acceptors (Lipinski definition) is 3. The molecule has 2 rings (SSSR count). The molecule has 1 aliphatic heterocycles. The van der Waals surface area contributed by atoms with E-state index in [2.05, 4.69) is 30.5 Å². The summed E-state index contributed by atoms with van der Waals surface area (Å²) in [6.45, 7) is 7.38. The fraction of sp³-hybridized carbons (Fsp3) is 1.00. The average molecular weight is 288 g/mol. The first-order valence-corrected chi connectivity index (χ1v) is 9.31. The Morgan fingerprint density at radius 1 is 1.17 bits per heavy atom. The Hall–Kier alpha value is 0.660. The van der Waals surface area contributed by atoms with Gasteiger partial charge >= 0.3 is 0 Å². The van der Waals surface area contributed by atoms with Crippen LogP contribution in [-0.4, -0.2) is 40.8 Å². The van der Waals surface area contributed by atoms with Crippen molar-refractivity contribution in [1.29, 1.82) is 0 Å². The predicted octanol–water partition coefficient (Wildman–Crippen LogP) is 4.08. The van der Waals surface area contributed by atoms with Gasteiger partial charge in [-0.2, -0.15) is 24.4 Å². The highest BCUT2D eigenvalue weighted by molar-refractivity contribution is 8.00. The minimum absolute atomic E-state index is 0.510. The van der Waals surface area contributed by atoms with Crippen molar-refractivity contribution in [3.63, 3.8) is 0 Å². The molecule has 3 heteroatoms. The smallest absolute Gasteiger partial charge is 0.0184 e. The first kappa shape index (κ1) is 15.1. The first-order chi connectivity index (χ1) is 8.67. The molecule has 2 fully saturated rings. The van der Waals surface area contributed by atoms with Crippen molar-refractivity contribution in [2.24, 2.45) is 5.41 Å². The van der Waals surface area contributed by atoms with E-state index in [9.17, 15) is 0 Å². The summed E-state index contributed by atoms with van der Waals surface area (Å²) in [6, 6.07) is 0.740. The summed E-state index contributed by atoms with van der Waals surface area (Å²) in [5.74, 6) is 2.39. The van der Waals surface area contributed by atoms with E-state index >= 15 is 0 Å². The zero-order valence-corrected chi connectivity index (χ0v) is 13.7. The van der Waals surface area contributed by atoms with Crippen molar-refractivity contribution < 1.29 is 0 Å². The Morgan fingerprint density at radius 2 is 1.83 bits per heavy atom. The summed E-state index contributed by atoms with van der Waals surface area (Å²) in [5, 5.41) is 0.793. The summed E-state index contributed by atoms with van der Waals surface area (Å²) in [6.07, 6.45) is 8.54. The standard InChI is InChI=1S/C15H29NS2/c1-13-14(2)18-10-9-16(13)11-15(12-17)7-5-3-4-6-8-15/h13-14,17H,3-12H2,1-2H3. The molecule has 2 unspecified atom stereocenters. The third-order valence-electron chi connectivity index (χ3n) is 5.05. The van der Waals surface area contributed by atoms with Crippen molar-refractivity contribution in [2.75, 3.05) is 24.6 Å².